The summed E-state index contributed by atoms with van der Waals surface area (Å²) in [5.41, 5.74) is 3.36. The van der Waals surface area contributed by atoms with Crippen LogP contribution in [0, 0.1) is 23.2 Å². The number of nitrogens with zero attached hydrogens (tertiary/aromatic N) is 8. The molecule has 0 radical (unpaired) electrons. The van der Waals surface area contributed by atoms with Gasteiger partial charge in [-0.2, -0.15) is 15.5 Å². The summed E-state index contributed by atoms with van der Waals surface area (Å²) in [7, 11) is 0. The highest BCUT2D eigenvalue weighted by molar-refractivity contribution is 6.35. The molecule has 2 unspecified atom stereocenters. The highest BCUT2D eigenvalue weighted by atomic mass is 35.5. The van der Waals surface area contributed by atoms with Crippen LogP contribution in [0.2, 0.25) is 10.0 Å². The third-order valence-electron chi connectivity index (χ3n) is 7.67. The summed E-state index contributed by atoms with van der Waals surface area (Å²) in [4.78, 5) is 14.3. The predicted octanol–water partition coefficient (Wildman–Crippen LogP) is 5.71. The van der Waals surface area contributed by atoms with Crippen molar-refractivity contribution in [2.24, 2.45) is 11.8 Å². The number of H-pyrrole nitrogens is 1. The Morgan fingerprint density at radius 2 is 1.97 bits per heavy atom. The Morgan fingerprint density at radius 3 is 2.69 bits per heavy atom. The number of rotatable bonds is 6. The Bertz CT molecular complexity index is 1450. The van der Waals surface area contributed by atoms with Crippen molar-refractivity contribution in [3.63, 3.8) is 0 Å². The van der Waals surface area contributed by atoms with E-state index in [2.05, 4.69) is 36.1 Å². The summed E-state index contributed by atoms with van der Waals surface area (Å²) in [5.74, 6) is 2.12. The highest BCUT2D eigenvalue weighted by Crippen LogP contribution is 2.35. The molecule has 1 aromatic carbocycles. The van der Waals surface area contributed by atoms with Crippen molar-refractivity contribution >= 4 is 40.2 Å². The molecule has 4 aromatic rings. The minimum atomic E-state index is -0.244. The summed E-state index contributed by atoms with van der Waals surface area (Å²) >= 11 is 12.6. The number of fused-ring (bicyclic) bond motifs is 1. The largest absolute Gasteiger partial charge is 0.355 e. The molecule has 9 nitrogen and oxygen atoms in total. The van der Waals surface area contributed by atoms with Crippen LogP contribution in [0.15, 0.2) is 36.7 Å². The molecular formula is C28H33Cl2N9. The van der Waals surface area contributed by atoms with Crippen LogP contribution >= 0.6 is 23.2 Å². The first-order chi connectivity index (χ1) is 19.0. The molecule has 1 N–H and O–H groups in total. The van der Waals surface area contributed by atoms with Gasteiger partial charge in [-0.25, -0.2) is 14.6 Å². The van der Waals surface area contributed by atoms with Gasteiger partial charge in [-0.15, -0.1) is 0 Å². The summed E-state index contributed by atoms with van der Waals surface area (Å²) in [5, 5.41) is 22.5. The van der Waals surface area contributed by atoms with Gasteiger partial charge in [0.1, 0.15) is 17.4 Å². The number of likely N-dealkylation sites (tertiary alicyclic amines) is 1. The third kappa shape index (κ3) is 5.60. The number of aromatic amines is 1. The van der Waals surface area contributed by atoms with Crippen molar-refractivity contribution in [2.45, 2.75) is 46.2 Å². The molecule has 2 atom stereocenters. The Hall–Kier alpha value is -3.19. The number of nitriles is 1. The molecule has 5 heterocycles. The summed E-state index contributed by atoms with van der Waals surface area (Å²) in [6.07, 6.45) is 6.06. The molecule has 2 aliphatic heterocycles. The Morgan fingerprint density at radius 1 is 1.15 bits per heavy atom. The number of aromatic nitrogens is 6. The molecule has 6 rings (SSSR count). The van der Waals surface area contributed by atoms with Crippen LogP contribution in [-0.4, -0.2) is 61.0 Å². The first-order valence-electron chi connectivity index (χ1n) is 13.6. The van der Waals surface area contributed by atoms with Gasteiger partial charge in [-0.3, -0.25) is 10.00 Å². The van der Waals surface area contributed by atoms with Gasteiger partial charge in [-0.1, -0.05) is 43.1 Å². The molecule has 39 heavy (non-hydrogen) atoms. The lowest BCUT2D eigenvalue weighted by Crippen LogP contribution is -2.53. The van der Waals surface area contributed by atoms with Gasteiger partial charge in [0.05, 0.1) is 12.2 Å². The molecule has 0 bridgehead atoms. The van der Waals surface area contributed by atoms with Gasteiger partial charge < -0.3 is 4.90 Å². The molecule has 11 heteroatoms. The second kappa shape index (κ2) is 11.9. The van der Waals surface area contributed by atoms with Crippen LogP contribution in [0.3, 0.4) is 0 Å². The van der Waals surface area contributed by atoms with Crippen LogP contribution in [0.1, 0.15) is 56.6 Å². The van der Waals surface area contributed by atoms with E-state index in [0.29, 0.717) is 33.0 Å². The van der Waals surface area contributed by atoms with Crippen molar-refractivity contribution in [1.82, 2.24) is 34.8 Å². The molecule has 0 saturated carbocycles. The summed E-state index contributed by atoms with van der Waals surface area (Å²) < 4.78 is 1.74. The van der Waals surface area contributed by atoms with E-state index in [9.17, 15) is 5.26 Å². The zero-order valence-electron chi connectivity index (χ0n) is 22.5. The number of benzene rings is 1. The molecule has 3 aromatic heterocycles. The SMILES string of the molecule is CC.CC(c1ccc(Cl)cc1Cl)n1nc(C#N)c2ncc(N3CC(C4CCCN(Cc5ccn[nH]5)C4)C3)nc21. The second-order valence-electron chi connectivity index (χ2n) is 10.0. The van der Waals surface area contributed by atoms with E-state index in [1.807, 2.05) is 39.1 Å². The summed E-state index contributed by atoms with van der Waals surface area (Å²) in [6.45, 7) is 11.1. The van der Waals surface area contributed by atoms with Crippen LogP contribution in [0.25, 0.3) is 11.2 Å². The van der Waals surface area contributed by atoms with E-state index in [4.69, 9.17) is 28.2 Å². The first kappa shape index (κ1) is 27.4. The monoisotopic (exact) mass is 565 g/mol. The number of nitrogens with one attached hydrogen (secondary N) is 1. The molecule has 204 valence electrons. The second-order valence-corrected chi connectivity index (χ2v) is 10.9. The topological polar surface area (TPSA) is 103 Å². The van der Waals surface area contributed by atoms with Crippen LogP contribution in [0.5, 0.6) is 0 Å². The lowest BCUT2D eigenvalue weighted by molar-refractivity contribution is 0.113. The van der Waals surface area contributed by atoms with Gasteiger partial charge in [0.2, 0.25) is 0 Å². The van der Waals surface area contributed by atoms with E-state index in [1.54, 1.807) is 23.0 Å². The zero-order valence-corrected chi connectivity index (χ0v) is 24.0. The molecular weight excluding hydrogens is 533 g/mol. The lowest BCUT2D eigenvalue weighted by Gasteiger charge is -2.47. The maximum Gasteiger partial charge on any atom is 0.190 e. The fourth-order valence-corrected chi connectivity index (χ4v) is 6.17. The van der Waals surface area contributed by atoms with E-state index in [0.717, 1.165) is 44.1 Å². The Kier molecular flexibility index (Phi) is 8.36. The van der Waals surface area contributed by atoms with Gasteiger partial charge in [0, 0.05) is 48.1 Å². The van der Waals surface area contributed by atoms with E-state index in [-0.39, 0.29) is 11.7 Å². The number of halogens is 2. The molecule has 0 spiro atoms. The average molecular weight is 567 g/mol. The number of hydrogen-bond donors (Lipinski definition) is 1. The Labute approximate surface area is 238 Å². The predicted molar refractivity (Wildman–Crippen MR) is 154 cm³/mol. The number of piperidine rings is 1. The lowest BCUT2D eigenvalue weighted by atomic mass is 9.80. The zero-order chi connectivity index (χ0) is 27.5. The normalized spacial score (nSPS) is 18.8. The van der Waals surface area contributed by atoms with Gasteiger partial charge in [0.25, 0.3) is 0 Å². The number of anilines is 1. The van der Waals surface area contributed by atoms with Crippen molar-refractivity contribution < 1.29 is 0 Å². The standard InChI is InChI=1S/C26H27Cl2N9.C2H6/c1-16(21-5-4-19(27)9-22(21)28)37-26-25(23(10-29)34-37)30-11-24(32-26)36-13-18(14-36)17-3-2-8-35(12-17)15-20-6-7-31-33-20;1-2/h4-7,9,11,16-18H,2-3,8,12-15H2,1H3,(H,31,33);1-2H3. The molecule has 2 aliphatic rings. The smallest absolute Gasteiger partial charge is 0.190 e. The van der Waals surface area contributed by atoms with Gasteiger partial charge in [0.15, 0.2) is 11.3 Å². The van der Waals surface area contributed by atoms with Gasteiger partial charge >= 0.3 is 0 Å². The summed E-state index contributed by atoms with van der Waals surface area (Å²) in [6, 6.07) is 9.35. The van der Waals surface area contributed by atoms with E-state index in [1.165, 1.54) is 18.5 Å². The Balaban J connectivity index is 0.00000151. The van der Waals surface area contributed by atoms with Crippen LogP contribution < -0.4 is 4.90 Å². The minimum Gasteiger partial charge on any atom is -0.355 e. The fraction of sp³-hybridized carbons (Fsp3) is 0.464. The van der Waals surface area contributed by atoms with Gasteiger partial charge in [-0.05, 0) is 61.9 Å². The third-order valence-corrected chi connectivity index (χ3v) is 8.23. The highest BCUT2D eigenvalue weighted by Gasteiger charge is 2.37. The van der Waals surface area contributed by atoms with E-state index >= 15 is 0 Å². The average Bonchev–Trinajstić information content (AvgIpc) is 3.56. The maximum atomic E-state index is 9.65. The maximum absolute atomic E-state index is 9.65. The first-order valence-corrected chi connectivity index (χ1v) is 14.3. The molecule has 0 aliphatic carbocycles. The molecule has 0 amide bonds. The van der Waals surface area contributed by atoms with Crippen molar-refractivity contribution in [3.05, 3.63) is 63.7 Å². The molecule has 2 saturated heterocycles. The minimum absolute atomic E-state index is 0.244. The fourth-order valence-electron chi connectivity index (χ4n) is 5.60. The van der Waals surface area contributed by atoms with Crippen molar-refractivity contribution in [2.75, 3.05) is 31.1 Å². The van der Waals surface area contributed by atoms with Crippen molar-refractivity contribution in [1.29, 1.82) is 5.26 Å². The van der Waals surface area contributed by atoms with Crippen molar-refractivity contribution in [3.8, 4) is 6.07 Å². The number of hydrogen-bond acceptors (Lipinski definition) is 7. The van der Waals surface area contributed by atoms with E-state index < -0.39 is 0 Å². The molecule has 2 fully saturated rings. The quantitative estimate of drug-likeness (QED) is 0.319. The van der Waals surface area contributed by atoms with Crippen LogP contribution in [0.4, 0.5) is 5.82 Å². The van der Waals surface area contributed by atoms with Crippen LogP contribution in [-0.2, 0) is 6.54 Å².